The van der Waals surface area contributed by atoms with Crippen LogP contribution in [0, 0.1) is 6.92 Å². The highest BCUT2D eigenvalue weighted by Crippen LogP contribution is 2.06. The van der Waals surface area contributed by atoms with Crippen molar-refractivity contribution in [3.8, 4) is 0 Å². The molecule has 1 aromatic rings. The van der Waals surface area contributed by atoms with Crippen molar-refractivity contribution in [3.63, 3.8) is 0 Å². The van der Waals surface area contributed by atoms with Gasteiger partial charge in [-0.3, -0.25) is 4.79 Å². The normalized spacial score (nSPS) is 11.0. The molecule has 0 fully saturated rings. The number of hydrogen-bond acceptors (Lipinski definition) is 3. The summed E-state index contributed by atoms with van der Waals surface area (Å²) in [6.07, 6.45) is 0.554. The molecule has 0 heterocycles. The number of hydrazone groups is 1. The van der Waals surface area contributed by atoms with E-state index in [1.807, 2.05) is 31.2 Å². The molecule has 0 spiro atoms. The Balaban J connectivity index is 3.05. The molecule has 0 atom stereocenters. The maximum absolute atomic E-state index is 10.2. The van der Waals surface area contributed by atoms with Gasteiger partial charge in [-0.2, -0.15) is 5.10 Å². The monoisotopic (exact) mass is 177 g/mol. The molecule has 1 amide bonds. The van der Waals surface area contributed by atoms with Crippen molar-refractivity contribution in [1.29, 1.82) is 0 Å². The number of amidine groups is 1. The molecule has 68 valence electrons. The van der Waals surface area contributed by atoms with Crippen molar-refractivity contribution in [2.45, 2.75) is 6.92 Å². The summed E-state index contributed by atoms with van der Waals surface area (Å²) in [7, 11) is 0. The SMILES string of the molecule is Cc1ccccc1/C(=N/N)NC=O. The molecule has 13 heavy (non-hydrogen) atoms. The summed E-state index contributed by atoms with van der Waals surface area (Å²) in [5.74, 6) is 5.51. The van der Waals surface area contributed by atoms with Gasteiger partial charge in [-0.05, 0) is 12.5 Å². The van der Waals surface area contributed by atoms with Gasteiger partial charge in [-0.25, -0.2) is 0 Å². The highest BCUT2D eigenvalue weighted by Gasteiger charge is 2.03. The average Bonchev–Trinajstić information content (AvgIpc) is 2.16. The van der Waals surface area contributed by atoms with E-state index in [0.717, 1.165) is 11.1 Å². The number of carbonyl (C=O) groups excluding carboxylic acids is 1. The van der Waals surface area contributed by atoms with E-state index in [0.29, 0.717) is 12.2 Å². The Morgan fingerprint density at radius 1 is 1.54 bits per heavy atom. The number of benzene rings is 1. The Labute approximate surface area is 76.4 Å². The third kappa shape index (κ3) is 2.05. The van der Waals surface area contributed by atoms with Crippen molar-refractivity contribution in [1.82, 2.24) is 5.32 Å². The molecule has 0 aromatic heterocycles. The van der Waals surface area contributed by atoms with Crippen LogP contribution >= 0.6 is 0 Å². The van der Waals surface area contributed by atoms with Crippen LogP contribution in [0.4, 0.5) is 0 Å². The van der Waals surface area contributed by atoms with E-state index in [2.05, 4.69) is 10.4 Å². The van der Waals surface area contributed by atoms with E-state index in [-0.39, 0.29) is 0 Å². The van der Waals surface area contributed by atoms with E-state index >= 15 is 0 Å². The first kappa shape index (κ1) is 9.25. The standard InChI is InChI=1S/C9H11N3O/c1-7-4-2-3-5-8(7)9(12-10)11-6-13/h2-6H,10H2,1H3,(H,11,12,13). The van der Waals surface area contributed by atoms with Gasteiger partial charge in [0.2, 0.25) is 6.41 Å². The van der Waals surface area contributed by atoms with Crippen LogP contribution < -0.4 is 11.2 Å². The van der Waals surface area contributed by atoms with E-state index < -0.39 is 0 Å². The molecule has 0 saturated carbocycles. The molecule has 3 N–H and O–H groups in total. The maximum Gasteiger partial charge on any atom is 0.212 e. The number of carbonyl (C=O) groups is 1. The predicted molar refractivity (Wildman–Crippen MR) is 51.1 cm³/mol. The quantitative estimate of drug-likeness (QED) is 0.225. The van der Waals surface area contributed by atoms with E-state index in [1.54, 1.807) is 0 Å². The molecule has 1 aromatic carbocycles. The fraction of sp³-hybridized carbons (Fsp3) is 0.111. The summed E-state index contributed by atoms with van der Waals surface area (Å²) in [5.41, 5.74) is 1.85. The Hall–Kier alpha value is -1.84. The Morgan fingerprint density at radius 3 is 2.77 bits per heavy atom. The second-order valence-electron chi connectivity index (χ2n) is 2.55. The van der Waals surface area contributed by atoms with Crippen molar-refractivity contribution in [3.05, 3.63) is 35.4 Å². The number of nitrogens with one attached hydrogen (secondary N) is 1. The zero-order chi connectivity index (χ0) is 9.68. The predicted octanol–water partition coefficient (Wildman–Crippen LogP) is 0.361. The van der Waals surface area contributed by atoms with Crippen molar-refractivity contribution < 1.29 is 4.79 Å². The van der Waals surface area contributed by atoms with Gasteiger partial charge in [0.25, 0.3) is 0 Å². The van der Waals surface area contributed by atoms with Crippen LogP contribution in [0.1, 0.15) is 11.1 Å². The topological polar surface area (TPSA) is 67.5 Å². The van der Waals surface area contributed by atoms with Crippen LogP contribution in [0.3, 0.4) is 0 Å². The number of hydrogen-bond donors (Lipinski definition) is 2. The first-order valence-electron chi connectivity index (χ1n) is 3.83. The summed E-state index contributed by atoms with van der Waals surface area (Å²) in [6, 6.07) is 7.54. The van der Waals surface area contributed by atoms with Crippen molar-refractivity contribution >= 4 is 12.2 Å². The minimum absolute atomic E-state index is 0.383. The molecule has 0 radical (unpaired) electrons. The molecular weight excluding hydrogens is 166 g/mol. The maximum atomic E-state index is 10.2. The van der Waals surface area contributed by atoms with E-state index in [1.165, 1.54) is 0 Å². The minimum Gasteiger partial charge on any atom is -0.321 e. The summed E-state index contributed by atoms with van der Waals surface area (Å²) >= 11 is 0. The molecule has 0 saturated heterocycles. The van der Waals surface area contributed by atoms with E-state index in [9.17, 15) is 4.79 Å². The second-order valence-corrected chi connectivity index (χ2v) is 2.55. The number of aryl methyl sites for hydroxylation is 1. The molecule has 0 aliphatic rings. The molecule has 4 nitrogen and oxygen atoms in total. The van der Waals surface area contributed by atoms with Gasteiger partial charge < -0.3 is 11.2 Å². The van der Waals surface area contributed by atoms with Crippen LogP contribution in [0.25, 0.3) is 0 Å². The van der Waals surface area contributed by atoms with Gasteiger partial charge in [0.05, 0.1) is 0 Å². The second kappa shape index (κ2) is 4.25. The number of nitrogens with zero attached hydrogens (tertiary/aromatic N) is 1. The third-order valence-electron chi connectivity index (χ3n) is 1.72. The molecule has 0 aliphatic carbocycles. The molecule has 0 unspecified atom stereocenters. The van der Waals surface area contributed by atoms with Crippen molar-refractivity contribution in [2.24, 2.45) is 10.9 Å². The van der Waals surface area contributed by atoms with E-state index in [4.69, 9.17) is 5.84 Å². The average molecular weight is 177 g/mol. The summed E-state index contributed by atoms with van der Waals surface area (Å²) in [6.45, 7) is 1.92. The zero-order valence-electron chi connectivity index (χ0n) is 7.32. The van der Waals surface area contributed by atoms with Gasteiger partial charge in [-0.15, -0.1) is 0 Å². The van der Waals surface area contributed by atoms with Crippen LogP contribution in [0.2, 0.25) is 0 Å². The van der Waals surface area contributed by atoms with Gasteiger partial charge in [-0.1, -0.05) is 24.3 Å². The summed E-state index contributed by atoms with van der Waals surface area (Å²) in [4.78, 5) is 10.2. The molecule has 0 bridgehead atoms. The lowest BCUT2D eigenvalue weighted by Crippen LogP contribution is -2.24. The smallest absolute Gasteiger partial charge is 0.212 e. The molecule has 0 aliphatic heterocycles. The lowest BCUT2D eigenvalue weighted by atomic mass is 10.1. The van der Waals surface area contributed by atoms with Crippen molar-refractivity contribution in [2.75, 3.05) is 0 Å². The number of rotatable bonds is 2. The minimum atomic E-state index is 0.383. The summed E-state index contributed by atoms with van der Waals surface area (Å²) in [5, 5.41) is 5.92. The van der Waals surface area contributed by atoms with Crippen LogP contribution in [-0.4, -0.2) is 12.2 Å². The van der Waals surface area contributed by atoms with Crippen LogP contribution in [-0.2, 0) is 4.79 Å². The first-order chi connectivity index (χ1) is 6.29. The molecule has 1 rings (SSSR count). The number of nitrogens with two attached hydrogens (primary N) is 1. The highest BCUT2D eigenvalue weighted by molar-refractivity contribution is 6.04. The van der Waals surface area contributed by atoms with Gasteiger partial charge in [0, 0.05) is 5.56 Å². The largest absolute Gasteiger partial charge is 0.321 e. The van der Waals surface area contributed by atoms with Gasteiger partial charge in [0.1, 0.15) is 0 Å². The Kier molecular flexibility index (Phi) is 3.03. The van der Waals surface area contributed by atoms with Crippen LogP contribution in [0.5, 0.6) is 0 Å². The fourth-order valence-corrected chi connectivity index (χ4v) is 1.08. The highest BCUT2D eigenvalue weighted by atomic mass is 16.1. The Morgan fingerprint density at radius 2 is 2.23 bits per heavy atom. The summed E-state index contributed by atoms with van der Waals surface area (Å²) < 4.78 is 0. The van der Waals surface area contributed by atoms with Gasteiger partial charge in [0.15, 0.2) is 5.84 Å². The molecule has 4 heteroatoms. The lowest BCUT2D eigenvalue weighted by molar-refractivity contribution is -0.108. The first-order valence-corrected chi connectivity index (χ1v) is 3.83. The van der Waals surface area contributed by atoms with Gasteiger partial charge >= 0.3 is 0 Å². The van der Waals surface area contributed by atoms with Crippen LogP contribution in [0.15, 0.2) is 29.4 Å². The number of amides is 1. The third-order valence-corrected chi connectivity index (χ3v) is 1.72. The zero-order valence-corrected chi connectivity index (χ0v) is 7.32. The fourth-order valence-electron chi connectivity index (χ4n) is 1.08. The Bertz CT molecular complexity index is 333. The molecular formula is C9H11N3O. The lowest BCUT2D eigenvalue weighted by Gasteiger charge is -2.05.